The van der Waals surface area contributed by atoms with Crippen LogP contribution in [0.5, 0.6) is 0 Å². The summed E-state index contributed by atoms with van der Waals surface area (Å²) in [7, 11) is 0. The van der Waals surface area contributed by atoms with Crippen LogP contribution in [0.1, 0.15) is 64.5 Å². The minimum absolute atomic E-state index is 0.000334. The van der Waals surface area contributed by atoms with Crippen LogP contribution < -0.4 is 4.90 Å². The second kappa shape index (κ2) is 10.6. The van der Waals surface area contributed by atoms with E-state index in [1.807, 2.05) is 24.3 Å². The first-order valence-electron chi connectivity index (χ1n) is 13.2. The Labute approximate surface area is 238 Å². The Morgan fingerprint density at radius 3 is 1.38 bits per heavy atom. The van der Waals surface area contributed by atoms with Crippen LogP contribution in [-0.2, 0) is 0 Å². The van der Waals surface area contributed by atoms with Gasteiger partial charge in [-0.3, -0.25) is 0 Å². The number of benzene rings is 4. The maximum Gasteiger partial charge on any atom is 0.0992 e. The van der Waals surface area contributed by atoms with E-state index in [9.17, 15) is 21.0 Å². The molecule has 0 spiro atoms. The van der Waals surface area contributed by atoms with E-state index in [-0.39, 0.29) is 17.9 Å². The van der Waals surface area contributed by atoms with Crippen molar-refractivity contribution in [3.05, 3.63) is 118 Å². The molecule has 1 aliphatic carbocycles. The number of fused-ring (bicyclic) bond motifs is 2. The molecule has 4 aromatic carbocycles. The van der Waals surface area contributed by atoms with Crippen molar-refractivity contribution in [2.24, 2.45) is 0 Å². The summed E-state index contributed by atoms with van der Waals surface area (Å²) < 4.78 is 0. The molecule has 0 saturated heterocycles. The number of hydrogen-bond donors (Lipinski definition) is 0. The lowest BCUT2D eigenvalue weighted by molar-refractivity contribution is 0.334. The molecule has 0 amide bonds. The van der Waals surface area contributed by atoms with Crippen LogP contribution in [-0.4, -0.2) is 6.04 Å². The van der Waals surface area contributed by atoms with Gasteiger partial charge < -0.3 is 4.90 Å². The maximum atomic E-state index is 9.77. The zero-order chi connectivity index (χ0) is 27.6. The van der Waals surface area contributed by atoms with E-state index in [1.165, 1.54) is 0 Å². The first-order chi connectivity index (χ1) is 19.6. The Hall–Kier alpha value is -5.01. The fraction of sp³-hybridized carbons (Fsp3) is 0.176. The molecule has 1 fully saturated rings. The van der Waals surface area contributed by atoms with E-state index in [0.717, 1.165) is 51.6 Å². The van der Waals surface area contributed by atoms with E-state index in [2.05, 4.69) is 77.7 Å². The van der Waals surface area contributed by atoms with Crippen LogP contribution in [0.25, 0.3) is 0 Å². The summed E-state index contributed by atoms with van der Waals surface area (Å²) in [4.78, 5) is 4.76. The maximum absolute atomic E-state index is 9.77. The lowest BCUT2D eigenvalue weighted by Gasteiger charge is -2.48. The van der Waals surface area contributed by atoms with Crippen LogP contribution in [0.4, 0.5) is 11.4 Å². The van der Waals surface area contributed by atoms with Gasteiger partial charge in [0.2, 0.25) is 0 Å². The van der Waals surface area contributed by atoms with Gasteiger partial charge in [0, 0.05) is 27.7 Å². The molecule has 0 bridgehead atoms. The largest absolute Gasteiger partial charge is 0.335 e. The molecule has 0 radical (unpaired) electrons. The Morgan fingerprint density at radius 1 is 0.575 bits per heavy atom. The van der Waals surface area contributed by atoms with Crippen molar-refractivity contribution in [2.45, 2.75) is 46.9 Å². The molecule has 2 aliphatic rings. The number of nitrogens with zero attached hydrogens (tertiary/aromatic N) is 5. The van der Waals surface area contributed by atoms with Gasteiger partial charge in [0.1, 0.15) is 0 Å². The number of rotatable bonds is 3. The predicted molar refractivity (Wildman–Crippen MR) is 154 cm³/mol. The Kier molecular flexibility index (Phi) is 6.72. The number of hydrogen-bond acceptors (Lipinski definition) is 6. The Balaban J connectivity index is 1.61. The van der Waals surface area contributed by atoms with E-state index >= 15 is 0 Å². The fourth-order valence-corrected chi connectivity index (χ4v) is 7.38. The van der Waals surface area contributed by atoms with Gasteiger partial charge in [-0.25, -0.2) is 0 Å². The van der Waals surface area contributed by atoms with Crippen molar-refractivity contribution in [2.75, 3.05) is 4.90 Å². The zero-order valence-electron chi connectivity index (χ0n) is 21.6. The van der Waals surface area contributed by atoms with Crippen LogP contribution >= 0.6 is 11.8 Å². The average Bonchev–Trinajstić information content (AvgIpc) is 3.02. The van der Waals surface area contributed by atoms with Crippen LogP contribution in [0.15, 0.2) is 94.7 Å². The first kappa shape index (κ1) is 25.3. The fourth-order valence-electron chi connectivity index (χ4n) is 6.31. The summed E-state index contributed by atoms with van der Waals surface area (Å²) in [6.45, 7) is 0. The molecule has 5 nitrogen and oxygen atoms in total. The molecule has 1 aliphatic heterocycles. The van der Waals surface area contributed by atoms with Crippen molar-refractivity contribution in [3.63, 3.8) is 0 Å². The van der Waals surface area contributed by atoms with Crippen molar-refractivity contribution in [1.82, 2.24) is 0 Å². The average molecular weight is 534 g/mol. The molecule has 1 heterocycles. The van der Waals surface area contributed by atoms with Gasteiger partial charge in [-0.2, -0.15) is 21.0 Å². The summed E-state index contributed by atoms with van der Waals surface area (Å²) >= 11 is 1.75. The molecular weight excluding hydrogens is 510 g/mol. The molecule has 190 valence electrons. The van der Waals surface area contributed by atoms with Gasteiger partial charge in [0.25, 0.3) is 0 Å². The molecule has 0 aromatic heterocycles. The Bertz CT molecular complexity index is 1610. The molecule has 2 unspecified atom stereocenters. The van der Waals surface area contributed by atoms with Crippen LogP contribution in [0.2, 0.25) is 0 Å². The molecule has 0 N–H and O–H groups in total. The van der Waals surface area contributed by atoms with Crippen molar-refractivity contribution >= 4 is 23.1 Å². The quantitative estimate of drug-likeness (QED) is 0.265. The van der Waals surface area contributed by atoms with E-state index < -0.39 is 0 Å². The molecule has 4 aromatic rings. The lowest BCUT2D eigenvalue weighted by Crippen LogP contribution is -2.44. The van der Waals surface area contributed by atoms with Crippen LogP contribution in [0, 0.1) is 45.3 Å². The van der Waals surface area contributed by atoms with Crippen LogP contribution in [0.3, 0.4) is 0 Å². The van der Waals surface area contributed by atoms with Crippen molar-refractivity contribution in [1.29, 1.82) is 21.0 Å². The second-order valence-electron chi connectivity index (χ2n) is 10.2. The third-order valence-electron chi connectivity index (χ3n) is 7.91. The molecular formula is C34H23N5S. The highest BCUT2D eigenvalue weighted by Crippen LogP contribution is 2.55. The Morgan fingerprint density at radius 2 is 0.975 bits per heavy atom. The summed E-state index contributed by atoms with van der Waals surface area (Å²) in [6.07, 6.45) is 2.71. The van der Waals surface area contributed by atoms with Crippen molar-refractivity contribution in [3.8, 4) is 24.3 Å². The molecule has 1 saturated carbocycles. The highest BCUT2D eigenvalue weighted by atomic mass is 32.2. The van der Waals surface area contributed by atoms with Crippen molar-refractivity contribution < 1.29 is 0 Å². The second-order valence-corrected chi connectivity index (χ2v) is 11.3. The molecule has 6 heteroatoms. The van der Waals surface area contributed by atoms with Gasteiger partial charge in [0.05, 0.1) is 57.9 Å². The van der Waals surface area contributed by atoms with Gasteiger partial charge in [-0.15, -0.1) is 0 Å². The minimum atomic E-state index is -0.0853. The zero-order valence-corrected chi connectivity index (χ0v) is 22.4. The van der Waals surface area contributed by atoms with Gasteiger partial charge in [-0.05, 0) is 84.6 Å². The van der Waals surface area contributed by atoms with E-state index in [4.69, 9.17) is 0 Å². The summed E-state index contributed by atoms with van der Waals surface area (Å²) in [5.41, 5.74) is 6.06. The monoisotopic (exact) mass is 533 g/mol. The third kappa shape index (κ3) is 4.46. The lowest BCUT2D eigenvalue weighted by atomic mass is 9.69. The number of nitriles is 4. The minimum Gasteiger partial charge on any atom is -0.335 e. The molecule has 2 atom stereocenters. The standard InChI is InChI=1S/C34H23N5S/c35-18-22-12-23(19-36)15-26(14-22)28-6-5-7-29(27-16-24(20-37)13-25(17-27)21-38)34(28)39-30-8-1-3-10-32(30)40-33-11-4-2-9-31(33)39/h1-4,8-17,28-29,34H,5-7H2. The molecule has 6 rings (SSSR count). The predicted octanol–water partition coefficient (Wildman–Crippen LogP) is 7.90. The van der Waals surface area contributed by atoms with Gasteiger partial charge in [-0.1, -0.05) is 42.4 Å². The van der Waals surface area contributed by atoms with E-state index in [1.54, 1.807) is 23.9 Å². The molecule has 40 heavy (non-hydrogen) atoms. The van der Waals surface area contributed by atoms with Gasteiger partial charge >= 0.3 is 0 Å². The normalized spacial score (nSPS) is 19.2. The summed E-state index contributed by atoms with van der Waals surface area (Å²) in [5.74, 6) is -0.000667. The summed E-state index contributed by atoms with van der Waals surface area (Å²) in [6, 6.07) is 36.6. The highest BCUT2D eigenvalue weighted by Gasteiger charge is 2.42. The topological polar surface area (TPSA) is 98.4 Å². The number of anilines is 2. The number of para-hydroxylation sites is 2. The highest BCUT2D eigenvalue weighted by molar-refractivity contribution is 7.99. The third-order valence-corrected chi connectivity index (χ3v) is 9.04. The smallest absolute Gasteiger partial charge is 0.0992 e. The van der Waals surface area contributed by atoms with Gasteiger partial charge in [0.15, 0.2) is 0 Å². The SMILES string of the molecule is N#Cc1cc(C#N)cc(C2CCCC(c3cc(C#N)cc(C#N)c3)C2N2c3ccccc3Sc3ccccc32)c1. The summed E-state index contributed by atoms with van der Waals surface area (Å²) in [5, 5.41) is 39.1. The first-order valence-corrected chi connectivity index (χ1v) is 14.0. The van der Waals surface area contributed by atoms with E-state index in [0.29, 0.717) is 22.3 Å².